The Hall–Kier alpha value is -1.65. The quantitative estimate of drug-likeness (QED) is 0.803. The number of amides is 1. The molecule has 0 bridgehead atoms. The second kappa shape index (κ2) is 6.63. The molecule has 2 atom stereocenters. The average molecular weight is 303 g/mol. The summed E-state index contributed by atoms with van der Waals surface area (Å²) in [7, 11) is 0. The minimum Gasteiger partial charge on any atom is -0.425 e. The Bertz CT molecular complexity index is 564. The van der Waals surface area contributed by atoms with E-state index in [1.807, 2.05) is 11.8 Å². The third kappa shape index (κ3) is 3.23. The molecule has 0 N–H and O–H groups in total. The molecule has 0 spiro atoms. The monoisotopic (exact) mass is 303 g/mol. The molecule has 1 aromatic heterocycles. The lowest BCUT2D eigenvalue weighted by Gasteiger charge is -2.38. The van der Waals surface area contributed by atoms with Crippen molar-refractivity contribution in [3.63, 3.8) is 0 Å². The van der Waals surface area contributed by atoms with Crippen LogP contribution in [0.4, 0.5) is 0 Å². The summed E-state index contributed by atoms with van der Waals surface area (Å²) < 4.78 is 5.60. The number of rotatable bonds is 3. The Morgan fingerprint density at radius 1 is 1.36 bits per heavy atom. The number of hydrogen-bond donors (Lipinski definition) is 0. The zero-order chi connectivity index (χ0) is 15.5. The Morgan fingerprint density at radius 2 is 2.23 bits per heavy atom. The van der Waals surface area contributed by atoms with Crippen molar-refractivity contribution < 1.29 is 9.21 Å². The van der Waals surface area contributed by atoms with Crippen LogP contribution in [0.5, 0.6) is 0 Å². The summed E-state index contributed by atoms with van der Waals surface area (Å²) in [6.45, 7) is 4.76. The van der Waals surface area contributed by atoms with Crippen LogP contribution in [0.25, 0.3) is 0 Å². The Balaban J connectivity index is 1.67. The summed E-state index contributed by atoms with van der Waals surface area (Å²) in [4.78, 5) is 14.7. The van der Waals surface area contributed by atoms with Crippen molar-refractivity contribution in [1.82, 2.24) is 15.1 Å². The molecule has 1 saturated heterocycles. The fourth-order valence-electron chi connectivity index (χ4n) is 3.65. The van der Waals surface area contributed by atoms with Gasteiger partial charge < -0.3 is 9.32 Å². The number of carbonyl (C=O) groups is 1. The highest BCUT2D eigenvalue weighted by atomic mass is 16.4. The molecule has 2 heterocycles. The van der Waals surface area contributed by atoms with Gasteiger partial charge in [-0.3, -0.25) is 4.79 Å². The maximum atomic E-state index is 12.7. The molecule has 1 amide bonds. The molecular formula is C17H25N3O2. The molecule has 0 saturated carbocycles. The molecule has 1 aromatic rings. The van der Waals surface area contributed by atoms with Crippen molar-refractivity contribution in [2.45, 2.75) is 70.8 Å². The van der Waals surface area contributed by atoms with Crippen LogP contribution in [0.3, 0.4) is 0 Å². The van der Waals surface area contributed by atoms with E-state index in [4.69, 9.17) is 4.42 Å². The van der Waals surface area contributed by atoms with Crippen LogP contribution in [0, 0.1) is 6.92 Å². The van der Waals surface area contributed by atoms with E-state index in [1.165, 1.54) is 18.4 Å². The lowest BCUT2D eigenvalue weighted by atomic mass is 9.89. The van der Waals surface area contributed by atoms with Crippen LogP contribution < -0.4 is 0 Å². The highest BCUT2D eigenvalue weighted by Gasteiger charge is 2.35. The van der Waals surface area contributed by atoms with E-state index in [2.05, 4.69) is 23.2 Å². The number of hydrogen-bond acceptors (Lipinski definition) is 4. The van der Waals surface area contributed by atoms with Gasteiger partial charge in [-0.2, -0.15) is 0 Å². The summed E-state index contributed by atoms with van der Waals surface area (Å²) in [6.07, 6.45) is 9.54. The average Bonchev–Trinajstić information content (AvgIpc) is 2.94. The second-order valence-corrected chi connectivity index (χ2v) is 6.52. The smallest absolute Gasteiger partial charge is 0.226 e. The molecule has 0 radical (unpaired) electrons. The van der Waals surface area contributed by atoms with Gasteiger partial charge in [-0.05, 0) is 45.4 Å². The number of aromatic nitrogens is 2. The van der Waals surface area contributed by atoms with Gasteiger partial charge in [0.1, 0.15) is 0 Å². The normalized spacial score (nSPS) is 25.9. The first-order chi connectivity index (χ1) is 10.6. The van der Waals surface area contributed by atoms with Gasteiger partial charge in [-0.1, -0.05) is 11.6 Å². The predicted octanol–water partition coefficient (Wildman–Crippen LogP) is 3.36. The van der Waals surface area contributed by atoms with Crippen LogP contribution in [-0.2, 0) is 4.79 Å². The van der Waals surface area contributed by atoms with E-state index < -0.39 is 0 Å². The van der Waals surface area contributed by atoms with Gasteiger partial charge in [-0.15, -0.1) is 10.2 Å². The number of aryl methyl sites for hydroxylation is 1. The molecule has 5 heteroatoms. The molecule has 120 valence electrons. The Morgan fingerprint density at radius 3 is 2.91 bits per heavy atom. The third-order valence-corrected chi connectivity index (χ3v) is 4.93. The van der Waals surface area contributed by atoms with Crippen molar-refractivity contribution in [1.29, 1.82) is 0 Å². The first-order valence-corrected chi connectivity index (χ1v) is 8.42. The molecule has 22 heavy (non-hydrogen) atoms. The van der Waals surface area contributed by atoms with Crippen LogP contribution in [0.2, 0.25) is 0 Å². The fraction of sp³-hybridized carbons (Fsp3) is 0.706. The summed E-state index contributed by atoms with van der Waals surface area (Å²) in [5.41, 5.74) is 1.32. The summed E-state index contributed by atoms with van der Waals surface area (Å²) in [5, 5.41) is 8.09. The van der Waals surface area contributed by atoms with Gasteiger partial charge in [-0.25, -0.2) is 0 Å². The number of piperidine rings is 1. The van der Waals surface area contributed by atoms with Crippen LogP contribution in [0.15, 0.2) is 16.1 Å². The SMILES string of the molecule is Cc1nnc([C@H]2CCCN(C(=O)CC3=CCCCC3)[C@H]2C)o1. The van der Waals surface area contributed by atoms with Crippen molar-refractivity contribution in [2.24, 2.45) is 0 Å². The zero-order valence-electron chi connectivity index (χ0n) is 13.5. The fourth-order valence-corrected chi connectivity index (χ4v) is 3.65. The number of carbonyl (C=O) groups excluding carboxylic acids is 1. The number of likely N-dealkylation sites (tertiary alicyclic amines) is 1. The van der Waals surface area contributed by atoms with Crippen LogP contribution in [-0.4, -0.2) is 33.6 Å². The van der Waals surface area contributed by atoms with Crippen LogP contribution >= 0.6 is 0 Å². The molecule has 5 nitrogen and oxygen atoms in total. The topological polar surface area (TPSA) is 59.2 Å². The van der Waals surface area contributed by atoms with E-state index in [0.29, 0.717) is 18.2 Å². The van der Waals surface area contributed by atoms with Gasteiger partial charge in [0.2, 0.25) is 17.7 Å². The van der Waals surface area contributed by atoms with Crippen molar-refractivity contribution in [3.8, 4) is 0 Å². The predicted molar refractivity (Wildman–Crippen MR) is 83.4 cm³/mol. The van der Waals surface area contributed by atoms with E-state index in [-0.39, 0.29) is 17.9 Å². The first-order valence-electron chi connectivity index (χ1n) is 8.42. The minimum atomic E-state index is 0.130. The molecule has 1 aliphatic carbocycles. The molecule has 2 aliphatic rings. The Kier molecular flexibility index (Phi) is 4.60. The second-order valence-electron chi connectivity index (χ2n) is 6.52. The van der Waals surface area contributed by atoms with Crippen molar-refractivity contribution in [2.75, 3.05) is 6.54 Å². The van der Waals surface area contributed by atoms with Gasteiger partial charge in [0.25, 0.3) is 0 Å². The van der Waals surface area contributed by atoms with Gasteiger partial charge in [0.05, 0.1) is 5.92 Å². The van der Waals surface area contributed by atoms with Crippen LogP contribution in [0.1, 0.15) is 69.6 Å². The van der Waals surface area contributed by atoms with E-state index in [9.17, 15) is 4.79 Å². The molecular weight excluding hydrogens is 278 g/mol. The van der Waals surface area contributed by atoms with Gasteiger partial charge >= 0.3 is 0 Å². The molecule has 0 aromatic carbocycles. The first kappa shape index (κ1) is 15.3. The van der Waals surface area contributed by atoms with Gasteiger partial charge in [0, 0.05) is 25.9 Å². The minimum absolute atomic E-state index is 0.130. The highest BCUT2D eigenvalue weighted by molar-refractivity contribution is 5.79. The maximum Gasteiger partial charge on any atom is 0.226 e. The standard InChI is InChI=1S/C17H25N3O2/c1-12-15(17-19-18-13(2)22-17)9-6-10-20(12)16(21)11-14-7-4-3-5-8-14/h7,12,15H,3-6,8-11H2,1-2H3/t12-,15-/m0/s1. The Labute approximate surface area is 131 Å². The summed E-state index contributed by atoms with van der Waals surface area (Å²) in [6, 6.07) is 0.130. The largest absolute Gasteiger partial charge is 0.425 e. The third-order valence-electron chi connectivity index (χ3n) is 4.93. The lowest BCUT2D eigenvalue weighted by Crippen LogP contribution is -2.46. The number of allylic oxidation sites excluding steroid dienone is 1. The van der Waals surface area contributed by atoms with E-state index in [1.54, 1.807) is 0 Å². The van der Waals surface area contributed by atoms with E-state index in [0.717, 1.165) is 32.2 Å². The number of nitrogens with zero attached hydrogens (tertiary/aromatic N) is 3. The molecule has 3 rings (SSSR count). The zero-order valence-corrected chi connectivity index (χ0v) is 13.5. The maximum absolute atomic E-state index is 12.7. The lowest BCUT2D eigenvalue weighted by molar-refractivity contribution is -0.134. The summed E-state index contributed by atoms with van der Waals surface area (Å²) in [5.74, 6) is 1.69. The summed E-state index contributed by atoms with van der Waals surface area (Å²) >= 11 is 0. The van der Waals surface area contributed by atoms with Crippen molar-refractivity contribution >= 4 is 5.91 Å². The highest BCUT2D eigenvalue weighted by Crippen LogP contribution is 2.33. The molecule has 1 fully saturated rings. The van der Waals surface area contributed by atoms with Crippen molar-refractivity contribution in [3.05, 3.63) is 23.4 Å². The van der Waals surface area contributed by atoms with E-state index >= 15 is 0 Å². The van der Waals surface area contributed by atoms with Gasteiger partial charge in [0.15, 0.2) is 0 Å². The molecule has 0 unspecified atom stereocenters. The molecule has 1 aliphatic heterocycles.